The molecular weight excluding hydrogens is 256 g/mol. The molecule has 0 amide bonds. The van der Waals surface area contributed by atoms with E-state index in [0.717, 1.165) is 29.8 Å². The predicted octanol–water partition coefficient (Wildman–Crippen LogP) is 3.96. The average Bonchev–Trinajstić information content (AvgIpc) is 2.47. The van der Waals surface area contributed by atoms with Crippen molar-refractivity contribution in [3.8, 4) is 5.75 Å². The number of hydrogen-bond donors (Lipinski definition) is 1. The molecule has 1 aliphatic carbocycles. The van der Waals surface area contributed by atoms with Crippen molar-refractivity contribution in [3.63, 3.8) is 0 Å². The second-order valence-electron chi connectivity index (χ2n) is 5.05. The first-order valence-corrected chi connectivity index (χ1v) is 8.49. The van der Waals surface area contributed by atoms with Gasteiger partial charge in [-0.2, -0.15) is 11.8 Å². The number of thioether (sulfide) groups is 1. The Balaban J connectivity index is 1.91. The summed E-state index contributed by atoms with van der Waals surface area (Å²) in [7, 11) is 0. The summed E-state index contributed by atoms with van der Waals surface area (Å²) >= 11 is 2.00. The maximum atomic E-state index is 5.74. The Labute approximate surface area is 120 Å². The monoisotopic (exact) mass is 280 g/mol. The third-order valence-electron chi connectivity index (χ3n) is 3.58. The van der Waals surface area contributed by atoms with Gasteiger partial charge in [0.2, 0.25) is 0 Å². The Morgan fingerprint density at radius 1 is 1.37 bits per heavy atom. The summed E-state index contributed by atoms with van der Waals surface area (Å²) in [5, 5.41) is 4.40. The second-order valence-corrected chi connectivity index (χ2v) is 6.19. The third-order valence-corrected chi connectivity index (χ3v) is 4.72. The SMILES string of the molecule is CCCOc1cccnc1NC1CCC(SC)CC1. The topological polar surface area (TPSA) is 34.1 Å². The fourth-order valence-corrected chi connectivity index (χ4v) is 3.21. The molecule has 0 spiro atoms. The Morgan fingerprint density at radius 2 is 2.16 bits per heavy atom. The van der Waals surface area contributed by atoms with Crippen LogP contribution in [0.5, 0.6) is 5.75 Å². The number of hydrogen-bond acceptors (Lipinski definition) is 4. The van der Waals surface area contributed by atoms with Crippen LogP contribution in [0.4, 0.5) is 5.82 Å². The molecular formula is C15H24N2OS. The van der Waals surface area contributed by atoms with Crippen molar-refractivity contribution < 1.29 is 4.74 Å². The smallest absolute Gasteiger partial charge is 0.168 e. The maximum absolute atomic E-state index is 5.74. The highest BCUT2D eigenvalue weighted by molar-refractivity contribution is 7.99. The number of aromatic nitrogens is 1. The minimum Gasteiger partial charge on any atom is -0.490 e. The molecule has 0 atom stereocenters. The van der Waals surface area contributed by atoms with Gasteiger partial charge in [-0.15, -0.1) is 0 Å². The Kier molecular flexibility index (Phi) is 5.83. The fraction of sp³-hybridized carbons (Fsp3) is 0.667. The first-order chi connectivity index (χ1) is 9.33. The molecule has 19 heavy (non-hydrogen) atoms. The van der Waals surface area contributed by atoms with Gasteiger partial charge in [0, 0.05) is 17.5 Å². The Bertz CT molecular complexity index is 378. The Morgan fingerprint density at radius 3 is 2.84 bits per heavy atom. The average molecular weight is 280 g/mol. The van der Waals surface area contributed by atoms with Crippen molar-refractivity contribution in [1.82, 2.24) is 4.98 Å². The second kappa shape index (κ2) is 7.63. The van der Waals surface area contributed by atoms with Gasteiger partial charge in [0.05, 0.1) is 6.61 Å². The van der Waals surface area contributed by atoms with E-state index in [1.54, 1.807) is 0 Å². The van der Waals surface area contributed by atoms with E-state index in [0.29, 0.717) is 6.04 Å². The number of anilines is 1. The van der Waals surface area contributed by atoms with Crippen LogP contribution < -0.4 is 10.1 Å². The molecule has 106 valence electrons. The molecule has 2 rings (SSSR count). The van der Waals surface area contributed by atoms with Crippen LogP contribution in [0.15, 0.2) is 18.3 Å². The maximum Gasteiger partial charge on any atom is 0.168 e. The molecule has 0 aliphatic heterocycles. The minimum absolute atomic E-state index is 0.544. The molecule has 0 saturated heterocycles. The molecule has 0 bridgehead atoms. The van der Waals surface area contributed by atoms with Gasteiger partial charge in [0.15, 0.2) is 11.6 Å². The fourth-order valence-electron chi connectivity index (χ4n) is 2.46. The van der Waals surface area contributed by atoms with E-state index in [1.165, 1.54) is 25.7 Å². The minimum atomic E-state index is 0.544. The molecule has 1 aromatic heterocycles. The van der Waals surface area contributed by atoms with Gasteiger partial charge in [-0.1, -0.05) is 6.92 Å². The molecule has 1 N–H and O–H groups in total. The van der Waals surface area contributed by atoms with Crippen LogP contribution in [-0.4, -0.2) is 29.1 Å². The van der Waals surface area contributed by atoms with Crippen molar-refractivity contribution in [3.05, 3.63) is 18.3 Å². The summed E-state index contributed by atoms with van der Waals surface area (Å²) in [6.45, 7) is 2.87. The highest BCUT2D eigenvalue weighted by Gasteiger charge is 2.21. The molecule has 1 fully saturated rings. The first kappa shape index (κ1) is 14.5. The molecule has 1 saturated carbocycles. The van der Waals surface area contributed by atoms with Crippen LogP contribution in [0.1, 0.15) is 39.0 Å². The largest absolute Gasteiger partial charge is 0.490 e. The van der Waals surface area contributed by atoms with Crippen molar-refractivity contribution >= 4 is 17.6 Å². The van der Waals surface area contributed by atoms with E-state index in [2.05, 4.69) is 23.5 Å². The van der Waals surface area contributed by atoms with Gasteiger partial charge in [-0.05, 0) is 50.5 Å². The molecule has 0 radical (unpaired) electrons. The van der Waals surface area contributed by atoms with E-state index in [4.69, 9.17) is 4.74 Å². The quantitative estimate of drug-likeness (QED) is 0.855. The van der Waals surface area contributed by atoms with Crippen LogP contribution in [0, 0.1) is 0 Å². The van der Waals surface area contributed by atoms with Gasteiger partial charge in [0.25, 0.3) is 0 Å². The summed E-state index contributed by atoms with van der Waals surface area (Å²) in [5.74, 6) is 1.79. The highest BCUT2D eigenvalue weighted by Crippen LogP contribution is 2.30. The number of rotatable bonds is 6. The van der Waals surface area contributed by atoms with Crippen LogP contribution in [-0.2, 0) is 0 Å². The zero-order valence-corrected chi connectivity index (χ0v) is 12.7. The molecule has 1 aromatic rings. The predicted molar refractivity (Wildman–Crippen MR) is 83.2 cm³/mol. The molecule has 3 nitrogen and oxygen atoms in total. The summed E-state index contributed by atoms with van der Waals surface area (Å²) in [6, 6.07) is 4.47. The van der Waals surface area contributed by atoms with Crippen LogP contribution in [0.2, 0.25) is 0 Å². The zero-order valence-electron chi connectivity index (χ0n) is 11.9. The lowest BCUT2D eigenvalue weighted by molar-refractivity contribution is 0.317. The molecule has 4 heteroatoms. The molecule has 1 heterocycles. The van der Waals surface area contributed by atoms with Crippen molar-refractivity contribution in [1.29, 1.82) is 0 Å². The number of nitrogens with zero attached hydrogens (tertiary/aromatic N) is 1. The van der Waals surface area contributed by atoms with Gasteiger partial charge in [0.1, 0.15) is 0 Å². The highest BCUT2D eigenvalue weighted by atomic mass is 32.2. The molecule has 1 aliphatic rings. The van der Waals surface area contributed by atoms with E-state index < -0.39 is 0 Å². The number of nitrogens with one attached hydrogen (secondary N) is 1. The van der Waals surface area contributed by atoms with E-state index in [1.807, 2.05) is 30.1 Å². The zero-order chi connectivity index (χ0) is 13.5. The number of pyridine rings is 1. The van der Waals surface area contributed by atoms with Crippen LogP contribution >= 0.6 is 11.8 Å². The Hall–Kier alpha value is -0.900. The van der Waals surface area contributed by atoms with Gasteiger partial charge in [-0.25, -0.2) is 4.98 Å². The summed E-state index contributed by atoms with van der Waals surface area (Å²) in [6.07, 6.45) is 10.1. The normalized spacial score (nSPS) is 23.1. The van der Waals surface area contributed by atoms with Gasteiger partial charge < -0.3 is 10.1 Å². The van der Waals surface area contributed by atoms with Crippen LogP contribution in [0.25, 0.3) is 0 Å². The third kappa shape index (κ3) is 4.30. The lowest BCUT2D eigenvalue weighted by Crippen LogP contribution is -2.27. The van der Waals surface area contributed by atoms with E-state index >= 15 is 0 Å². The lowest BCUT2D eigenvalue weighted by Gasteiger charge is -2.28. The summed E-state index contributed by atoms with van der Waals surface area (Å²) in [4.78, 5) is 4.42. The first-order valence-electron chi connectivity index (χ1n) is 7.20. The van der Waals surface area contributed by atoms with E-state index in [-0.39, 0.29) is 0 Å². The van der Waals surface area contributed by atoms with E-state index in [9.17, 15) is 0 Å². The van der Waals surface area contributed by atoms with Crippen molar-refractivity contribution in [2.75, 3.05) is 18.2 Å². The number of ether oxygens (including phenoxy) is 1. The molecule has 0 aromatic carbocycles. The summed E-state index contributed by atoms with van der Waals surface area (Å²) in [5.41, 5.74) is 0. The van der Waals surface area contributed by atoms with Crippen molar-refractivity contribution in [2.45, 2.75) is 50.3 Å². The standard InChI is InChI=1S/C15H24N2OS/c1-3-11-18-14-5-4-10-16-15(14)17-12-6-8-13(19-2)9-7-12/h4-5,10,12-13H,3,6-9,11H2,1-2H3,(H,16,17). The van der Waals surface area contributed by atoms with Gasteiger partial charge in [-0.3, -0.25) is 0 Å². The van der Waals surface area contributed by atoms with Crippen molar-refractivity contribution in [2.24, 2.45) is 0 Å². The summed E-state index contributed by atoms with van der Waals surface area (Å²) < 4.78 is 5.74. The molecule has 0 unspecified atom stereocenters. The van der Waals surface area contributed by atoms with Gasteiger partial charge >= 0.3 is 0 Å². The lowest BCUT2D eigenvalue weighted by atomic mass is 9.95. The van der Waals surface area contributed by atoms with Crippen LogP contribution in [0.3, 0.4) is 0 Å².